The van der Waals surface area contributed by atoms with Crippen LogP contribution in [0.4, 0.5) is 0 Å². The van der Waals surface area contributed by atoms with Gasteiger partial charge in [-0.15, -0.1) is 0 Å². The molecule has 4 aromatic rings. The number of carbonyl (C=O) groups excluding carboxylic acids is 1. The number of rotatable bonds is 6. The number of benzene rings is 3. The van der Waals surface area contributed by atoms with Gasteiger partial charge in [0.25, 0.3) is 0 Å². The zero-order valence-corrected chi connectivity index (χ0v) is 17.1. The third kappa shape index (κ3) is 5.12. The Labute approximate surface area is 228 Å². The Morgan fingerprint density at radius 1 is 0.906 bits per heavy atom. The van der Waals surface area contributed by atoms with Crippen LogP contribution in [0.5, 0.6) is 0 Å². The first kappa shape index (κ1) is 24.2. The number of hydrogen-bond donors (Lipinski definition) is 0. The number of carbonyl (C=O) groups is 1. The van der Waals surface area contributed by atoms with Gasteiger partial charge in [-0.25, -0.2) is 4.79 Å². The van der Waals surface area contributed by atoms with Crippen LogP contribution in [-0.4, -0.2) is 73.6 Å². The number of nitriles is 1. The fourth-order valence-corrected chi connectivity index (χ4v) is 3.68. The molecule has 4 rings (SSSR count). The van der Waals surface area contributed by atoms with Gasteiger partial charge in [-0.2, -0.15) is 5.26 Å². The van der Waals surface area contributed by atoms with Gasteiger partial charge in [0.2, 0.25) is 0 Å². The molecule has 6 nitrogen and oxygen atoms in total. The second kappa shape index (κ2) is 10.9. The van der Waals surface area contributed by atoms with Gasteiger partial charge in [-0.3, -0.25) is 13.9 Å². The minimum atomic E-state index is -0.455. The van der Waals surface area contributed by atoms with Crippen molar-refractivity contribution < 1.29 is 9.53 Å². The van der Waals surface area contributed by atoms with Crippen molar-refractivity contribution in [1.29, 1.82) is 5.26 Å². The third-order valence-corrected chi connectivity index (χ3v) is 5.37. The van der Waals surface area contributed by atoms with Gasteiger partial charge in [0.15, 0.2) is 0 Å². The van der Waals surface area contributed by atoms with Crippen LogP contribution in [0, 0.1) is 11.3 Å². The molecule has 0 aliphatic carbocycles. The van der Waals surface area contributed by atoms with Crippen molar-refractivity contribution in [2.75, 3.05) is 7.11 Å². The van der Waals surface area contributed by atoms with E-state index in [1.54, 1.807) is 16.7 Å². The molecule has 0 atom stereocenters. The number of methoxy groups -OCH3 is 1. The SMILES string of the molecule is COC(=O)Cn1c(=O)n(CCc2ccc(-c3ccc(C#N)cc3)cc2)c2ccccc21.[KH]. The quantitative estimate of drug-likeness (QED) is 0.333. The van der Waals surface area contributed by atoms with E-state index in [0.717, 1.165) is 22.2 Å². The number of aryl methyl sites for hydroxylation is 2. The average Bonchev–Trinajstić information content (AvgIpc) is 3.08. The van der Waals surface area contributed by atoms with Crippen molar-refractivity contribution in [3.05, 3.63) is 94.4 Å². The molecule has 0 aliphatic heterocycles. The Balaban J connectivity index is 0.00000289. The molecular formula is C25H22KN3O3. The predicted molar refractivity (Wildman–Crippen MR) is 126 cm³/mol. The average molecular weight is 452 g/mol. The van der Waals surface area contributed by atoms with Crippen molar-refractivity contribution in [1.82, 2.24) is 9.13 Å². The summed E-state index contributed by atoms with van der Waals surface area (Å²) in [4.78, 5) is 24.7. The van der Waals surface area contributed by atoms with E-state index in [0.29, 0.717) is 24.0 Å². The van der Waals surface area contributed by atoms with E-state index >= 15 is 0 Å². The van der Waals surface area contributed by atoms with Crippen LogP contribution in [0.15, 0.2) is 77.6 Å². The van der Waals surface area contributed by atoms with E-state index in [1.165, 1.54) is 11.7 Å². The summed E-state index contributed by atoms with van der Waals surface area (Å²) >= 11 is 0. The minimum absolute atomic E-state index is 0. The molecule has 0 saturated carbocycles. The molecule has 1 heterocycles. The van der Waals surface area contributed by atoms with E-state index in [9.17, 15) is 9.59 Å². The van der Waals surface area contributed by atoms with E-state index in [2.05, 4.69) is 6.07 Å². The topological polar surface area (TPSA) is 77.0 Å². The summed E-state index contributed by atoms with van der Waals surface area (Å²) in [7, 11) is 1.31. The fourth-order valence-electron chi connectivity index (χ4n) is 3.68. The summed E-state index contributed by atoms with van der Waals surface area (Å²) in [6, 6.07) is 25.2. The van der Waals surface area contributed by atoms with Crippen LogP contribution in [0.2, 0.25) is 0 Å². The molecule has 0 unspecified atom stereocenters. The van der Waals surface area contributed by atoms with Gasteiger partial charge in [-0.1, -0.05) is 48.5 Å². The molecule has 0 N–H and O–H groups in total. The molecule has 1 aromatic heterocycles. The number of para-hydroxylation sites is 2. The maximum absolute atomic E-state index is 12.9. The Morgan fingerprint density at radius 3 is 2.03 bits per heavy atom. The Bertz CT molecular complexity index is 1330. The zero-order chi connectivity index (χ0) is 21.8. The van der Waals surface area contributed by atoms with Gasteiger partial charge in [-0.05, 0) is 47.4 Å². The zero-order valence-electron chi connectivity index (χ0n) is 17.1. The number of aromatic nitrogens is 2. The number of nitrogens with zero attached hydrogens (tertiary/aromatic N) is 3. The summed E-state index contributed by atoms with van der Waals surface area (Å²) in [5, 5.41) is 8.93. The summed E-state index contributed by atoms with van der Waals surface area (Å²) in [5.41, 5.74) is 5.15. The molecule has 3 aromatic carbocycles. The Morgan fingerprint density at radius 2 is 1.47 bits per heavy atom. The summed E-state index contributed by atoms with van der Waals surface area (Å²) in [6.07, 6.45) is 0.680. The van der Waals surface area contributed by atoms with Crippen LogP contribution in [0.25, 0.3) is 22.2 Å². The van der Waals surface area contributed by atoms with Crippen LogP contribution in [0.1, 0.15) is 11.1 Å². The molecule has 0 saturated heterocycles. The summed E-state index contributed by atoms with van der Waals surface area (Å²) < 4.78 is 7.89. The van der Waals surface area contributed by atoms with Gasteiger partial charge in [0.05, 0.1) is 29.8 Å². The third-order valence-electron chi connectivity index (χ3n) is 5.37. The normalized spacial score (nSPS) is 10.4. The standard InChI is InChI=1S/C25H21N3O3.K.H/c1-31-24(29)17-28-23-5-3-2-4-22(23)27(25(28)30)15-14-18-6-10-20(11-7-18)21-12-8-19(16-26)9-13-21;;/h2-13H,14-15,17H2,1H3;;. The first-order valence-electron chi connectivity index (χ1n) is 9.95. The van der Waals surface area contributed by atoms with Crippen LogP contribution in [0.3, 0.4) is 0 Å². The number of fused-ring (bicyclic) bond motifs is 1. The predicted octanol–water partition coefficient (Wildman–Crippen LogP) is 3.11. The molecule has 7 heteroatoms. The van der Waals surface area contributed by atoms with Gasteiger partial charge in [0, 0.05) is 6.54 Å². The molecule has 0 radical (unpaired) electrons. The fraction of sp³-hybridized carbons (Fsp3) is 0.160. The number of imidazole rings is 1. The van der Waals surface area contributed by atoms with Crippen molar-refractivity contribution in [3.8, 4) is 17.2 Å². The number of hydrogen-bond acceptors (Lipinski definition) is 4. The molecule has 32 heavy (non-hydrogen) atoms. The van der Waals surface area contributed by atoms with E-state index < -0.39 is 5.97 Å². The van der Waals surface area contributed by atoms with E-state index in [4.69, 9.17) is 10.00 Å². The maximum atomic E-state index is 12.9. The number of ether oxygens (including phenoxy) is 1. The molecular weight excluding hydrogens is 429 g/mol. The van der Waals surface area contributed by atoms with Gasteiger partial charge < -0.3 is 4.74 Å². The Hall–Kier alpha value is -2.47. The second-order valence-corrected chi connectivity index (χ2v) is 7.22. The molecule has 156 valence electrons. The number of esters is 1. The first-order chi connectivity index (χ1) is 15.1. The summed E-state index contributed by atoms with van der Waals surface area (Å²) in [5.74, 6) is -0.455. The molecule has 0 aliphatic rings. The molecule has 0 spiro atoms. The first-order valence-corrected chi connectivity index (χ1v) is 9.95. The van der Waals surface area contributed by atoms with Crippen LogP contribution >= 0.6 is 0 Å². The monoisotopic (exact) mass is 451 g/mol. The van der Waals surface area contributed by atoms with E-state index in [1.807, 2.05) is 60.7 Å². The van der Waals surface area contributed by atoms with Crippen molar-refractivity contribution in [3.63, 3.8) is 0 Å². The van der Waals surface area contributed by atoms with Crippen molar-refractivity contribution >= 4 is 68.4 Å². The van der Waals surface area contributed by atoms with Crippen molar-refractivity contribution in [2.24, 2.45) is 0 Å². The van der Waals surface area contributed by atoms with Gasteiger partial charge in [0.1, 0.15) is 6.54 Å². The molecule has 0 amide bonds. The van der Waals surface area contributed by atoms with Crippen molar-refractivity contribution in [2.45, 2.75) is 19.5 Å². The van der Waals surface area contributed by atoms with Gasteiger partial charge >= 0.3 is 63.0 Å². The molecule has 0 bridgehead atoms. The van der Waals surface area contributed by atoms with E-state index in [-0.39, 0.29) is 63.6 Å². The second-order valence-electron chi connectivity index (χ2n) is 7.22. The van der Waals surface area contributed by atoms with Crippen LogP contribution in [-0.2, 0) is 29.0 Å². The summed E-state index contributed by atoms with van der Waals surface area (Å²) in [6.45, 7) is 0.395. The Kier molecular flexibility index (Phi) is 8.24. The molecule has 0 fully saturated rings. The van der Waals surface area contributed by atoms with Crippen LogP contribution < -0.4 is 5.69 Å².